The number of carbonyl (C=O) groups is 2. The second-order valence-corrected chi connectivity index (χ2v) is 5.72. The van der Waals surface area contributed by atoms with E-state index in [0.29, 0.717) is 5.56 Å². The summed E-state index contributed by atoms with van der Waals surface area (Å²) in [6.45, 7) is 3.20. The number of halogens is 2. The van der Waals surface area contributed by atoms with Crippen molar-refractivity contribution in [2.75, 3.05) is 7.11 Å². The molecule has 1 rings (SSSR count). The van der Waals surface area contributed by atoms with Crippen molar-refractivity contribution < 1.29 is 27.8 Å². The van der Waals surface area contributed by atoms with Crippen LogP contribution in [0.15, 0.2) is 35.3 Å². The predicted octanol–water partition coefficient (Wildman–Crippen LogP) is 4.01. The van der Waals surface area contributed by atoms with Crippen LogP contribution >= 0.6 is 0 Å². The van der Waals surface area contributed by atoms with Crippen LogP contribution in [-0.4, -0.2) is 30.8 Å². The summed E-state index contributed by atoms with van der Waals surface area (Å²) in [6.07, 6.45) is -2.51. The highest BCUT2D eigenvalue weighted by molar-refractivity contribution is 6.38. The van der Waals surface area contributed by atoms with Gasteiger partial charge in [-0.25, -0.2) is 18.4 Å². The zero-order chi connectivity index (χ0) is 18.2. The van der Waals surface area contributed by atoms with Crippen LogP contribution in [0, 0.1) is 5.92 Å². The zero-order valence-corrected chi connectivity index (χ0v) is 13.9. The number of esters is 1. The fourth-order valence-electron chi connectivity index (χ4n) is 2.05. The van der Waals surface area contributed by atoms with Crippen LogP contribution in [0.1, 0.15) is 32.3 Å². The van der Waals surface area contributed by atoms with Gasteiger partial charge in [-0.3, -0.25) is 0 Å². The van der Waals surface area contributed by atoms with Gasteiger partial charge in [0.2, 0.25) is 0 Å². The van der Waals surface area contributed by atoms with Crippen molar-refractivity contribution in [1.29, 1.82) is 0 Å². The zero-order valence-electron chi connectivity index (χ0n) is 13.9. The number of carbonyl (C=O) groups excluding carboxylic acids is 2. The highest BCUT2D eigenvalue weighted by Gasteiger charge is 2.35. The predicted molar refractivity (Wildman–Crippen MR) is 85.1 cm³/mol. The summed E-state index contributed by atoms with van der Waals surface area (Å²) in [7, 11) is 1.04. The molecule has 24 heavy (non-hydrogen) atoms. The van der Waals surface area contributed by atoms with Crippen LogP contribution in [0.25, 0.3) is 0 Å². The summed E-state index contributed by atoms with van der Waals surface area (Å²) in [5, 5.41) is 0. The summed E-state index contributed by atoms with van der Waals surface area (Å²) < 4.78 is 37.0. The molecule has 0 aliphatic carbocycles. The van der Waals surface area contributed by atoms with Gasteiger partial charge in [0.25, 0.3) is 5.92 Å². The molecule has 0 heterocycles. The molecule has 0 N–H and O–H groups in total. The first-order valence-corrected chi connectivity index (χ1v) is 7.48. The van der Waals surface area contributed by atoms with Crippen molar-refractivity contribution in [2.24, 2.45) is 10.9 Å². The molecule has 1 aromatic rings. The topological polar surface area (TPSA) is 65.0 Å². The Morgan fingerprint density at radius 1 is 1.21 bits per heavy atom. The maximum atomic E-state index is 13.9. The number of hydrogen-bond donors (Lipinski definition) is 0. The summed E-state index contributed by atoms with van der Waals surface area (Å²) in [6, 6.07) is 8.79. The van der Waals surface area contributed by atoms with Gasteiger partial charge < -0.3 is 9.47 Å². The average Bonchev–Trinajstić information content (AvgIpc) is 2.51. The molecule has 0 saturated carbocycles. The Morgan fingerprint density at radius 2 is 1.83 bits per heavy atom. The Morgan fingerprint density at radius 3 is 2.38 bits per heavy atom. The molecule has 0 aromatic heterocycles. The van der Waals surface area contributed by atoms with Crippen molar-refractivity contribution in [2.45, 2.75) is 39.2 Å². The monoisotopic (exact) mass is 341 g/mol. The van der Waals surface area contributed by atoms with Crippen LogP contribution in [0.2, 0.25) is 0 Å². The van der Waals surface area contributed by atoms with E-state index in [9.17, 15) is 18.4 Å². The van der Waals surface area contributed by atoms with Crippen molar-refractivity contribution >= 4 is 17.8 Å². The number of methoxy groups -OCH3 is 1. The van der Waals surface area contributed by atoms with Gasteiger partial charge in [0, 0.05) is 6.42 Å². The minimum Gasteiger partial charge on any atom is -0.465 e. The van der Waals surface area contributed by atoms with Crippen molar-refractivity contribution in [3.8, 4) is 0 Å². The first-order chi connectivity index (χ1) is 11.2. The standard InChI is InChI=1S/C17H21F2NO4/c1-12(2)9-17(18,19)10-14(15(21)23-3)20-16(22)24-11-13-7-5-4-6-8-13/h4-8,12H,9-11H2,1-3H3. The SMILES string of the molecule is COC(=O)C(CC(F)(F)CC(C)C)=NC(=O)OCc1ccccc1. The summed E-state index contributed by atoms with van der Waals surface area (Å²) in [5.41, 5.74) is 0.0621. The van der Waals surface area contributed by atoms with Crippen molar-refractivity contribution in [1.82, 2.24) is 0 Å². The van der Waals surface area contributed by atoms with Crippen LogP contribution in [-0.2, 0) is 20.9 Å². The van der Waals surface area contributed by atoms with Gasteiger partial charge in [0.05, 0.1) is 13.5 Å². The number of alkyl halides is 2. The van der Waals surface area contributed by atoms with Gasteiger partial charge in [-0.05, 0) is 11.5 Å². The molecule has 0 bridgehead atoms. The molecule has 132 valence electrons. The second kappa shape index (κ2) is 9.10. The molecule has 0 aliphatic heterocycles. The molecule has 0 radical (unpaired) electrons. The molecular weight excluding hydrogens is 320 g/mol. The van der Waals surface area contributed by atoms with Gasteiger partial charge in [-0.2, -0.15) is 4.99 Å². The normalized spacial score (nSPS) is 12.2. The van der Waals surface area contributed by atoms with E-state index in [1.807, 2.05) is 0 Å². The van der Waals surface area contributed by atoms with E-state index in [1.165, 1.54) is 0 Å². The maximum Gasteiger partial charge on any atom is 0.434 e. The minimum absolute atomic E-state index is 0.0694. The first kappa shape index (κ1) is 19.7. The van der Waals surface area contributed by atoms with Gasteiger partial charge in [0.1, 0.15) is 12.3 Å². The Bertz CT molecular complexity index is 586. The lowest BCUT2D eigenvalue weighted by Gasteiger charge is -2.18. The first-order valence-electron chi connectivity index (χ1n) is 7.48. The molecule has 0 saturated heterocycles. The van der Waals surface area contributed by atoms with Crippen LogP contribution in [0.4, 0.5) is 13.6 Å². The third kappa shape index (κ3) is 7.30. The highest BCUT2D eigenvalue weighted by Crippen LogP contribution is 2.27. The van der Waals surface area contributed by atoms with Crippen LogP contribution in [0.5, 0.6) is 0 Å². The fraction of sp³-hybridized carbons (Fsp3) is 0.471. The minimum atomic E-state index is -3.17. The largest absolute Gasteiger partial charge is 0.465 e. The number of ether oxygens (including phenoxy) is 2. The molecule has 0 aliphatic rings. The van der Waals surface area contributed by atoms with E-state index in [1.54, 1.807) is 44.2 Å². The van der Waals surface area contributed by atoms with Crippen LogP contribution < -0.4 is 0 Å². The maximum absolute atomic E-state index is 13.9. The lowest BCUT2D eigenvalue weighted by molar-refractivity contribution is -0.133. The molecule has 0 atom stereocenters. The molecule has 0 fully saturated rings. The van der Waals surface area contributed by atoms with Crippen LogP contribution in [0.3, 0.4) is 0 Å². The molecular formula is C17H21F2NO4. The number of rotatable bonds is 7. The van der Waals surface area contributed by atoms with Gasteiger partial charge >= 0.3 is 12.1 Å². The van der Waals surface area contributed by atoms with Gasteiger partial charge in [-0.15, -0.1) is 0 Å². The second-order valence-electron chi connectivity index (χ2n) is 5.72. The molecule has 0 spiro atoms. The smallest absolute Gasteiger partial charge is 0.434 e. The van der Waals surface area contributed by atoms with Gasteiger partial charge in [-0.1, -0.05) is 44.2 Å². The summed E-state index contributed by atoms with van der Waals surface area (Å²) in [4.78, 5) is 26.6. The molecule has 7 heteroatoms. The number of benzene rings is 1. The lowest BCUT2D eigenvalue weighted by atomic mass is 10.0. The summed E-state index contributed by atoms with van der Waals surface area (Å²) in [5.74, 6) is -4.51. The molecule has 1 amide bonds. The van der Waals surface area contributed by atoms with Gasteiger partial charge in [0.15, 0.2) is 0 Å². The van der Waals surface area contributed by atoms with E-state index >= 15 is 0 Å². The quantitative estimate of drug-likeness (QED) is 0.555. The Balaban J connectivity index is 2.77. The molecule has 1 aromatic carbocycles. The summed E-state index contributed by atoms with van der Waals surface area (Å²) >= 11 is 0. The molecule has 0 unspecified atom stereocenters. The van der Waals surface area contributed by atoms with E-state index in [2.05, 4.69) is 9.73 Å². The van der Waals surface area contributed by atoms with Crippen molar-refractivity contribution in [3.63, 3.8) is 0 Å². The highest BCUT2D eigenvalue weighted by atomic mass is 19.3. The third-order valence-electron chi connectivity index (χ3n) is 2.99. The number of aliphatic imine (C=N–C) groups is 1. The fourth-order valence-corrected chi connectivity index (χ4v) is 2.05. The van der Waals surface area contributed by atoms with E-state index < -0.39 is 36.5 Å². The number of nitrogens with zero attached hydrogens (tertiary/aromatic N) is 1. The van der Waals surface area contributed by atoms with Crippen molar-refractivity contribution in [3.05, 3.63) is 35.9 Å². The number of hydrogen-bond acceptors (Lipinski definition) is 4. The third-order valence-corrected chi connectivity index (χ3v) is 2.99. The Labute approximate surface area is 139 Å². The Kier molecular flexibility index (Phi) is 7.48. The van der Waals surface area contributed by atoms with E-state index in [0.717, 1.165) is 7.11 Å². The lowest BCUT2D eigenvalue weighted by Crippen LogP contribution is -2.29. The van der Waals surface area contributed by atoms with E-state index in [-0.39, 0.29) is 12.5 Å². The average molecular weight is 341 g/mol. The van der Waals surface area contributed by atoms with E-state index in [4.69, 9.17) is 4.74 Å². The molecule has 5 nitrogen and oxygen atoms in total. The number of amides is 1. The Hall–Kier alpha value is -2.31.